The molecule has 0 aliphatic heterocycles. The van der Waals surface area contributed by atoms with Crippen LogP contribution < -0.4 is 11.1 Å². The van der Waals surface area contributed by atoms with Crippen LogP contribution in [0.25, 0.3) is 0 Å². The second-order valence-electron chi connectivity index (χ2n) is 3.47. The zero-order valence-electron chi connectivity index (χ0n) is 9.11. The van der Waals surface area contributed by atoms with Crippen molar-refractivity contribution in [1.82, 2.24) is 0 Å². The van der Waals surface area contributed by atoms with Crippen molar-refractivity contribution in [2.24, 2.45) is 0 Å². The average molecular weight is 262 g/mol. The molecule has 0 fully saturated rings. The van der Waals surface area contributed by atoms with Gasteiger partial charge in [0.05, 0.1) is 11.3 Å². The highest BCUT2D eigenvalue weighted by Crippen LogP contribution is 2.20. The number of hydrogen-bond acceptors (Lipinski definition) is 4. The molecule has 0 aliphatic carbocycles. The van der Waals surface area contributed by atoms with Gasteiger partial charge in [-0.3, -0.25) is 4.79 Å². The van der Waals surface area contributed by atoms with Crippen molar-refractivity contribution in [2.45, 2.75) is 0 Å². The third-order valence-electron chi connectivity index (χ3n) is 2.21. The van der Waals surface area contributed by atoms with Gasteiger partial charge in [-0.15, -0.1) is 0 Å². The Hall–Kier alpha value is -2.45. The second kappa shape index (κ2) is 4.82. The molecule has 1 aromatic carbocycles. The zero-order chi connectivity index (χ0) is 13.1. The number of nitrogens with one attached hydrogen (secondary N) is 1. The van der Waals surface area contributed by atoms with E-state index in [0.29, 0.717) is 11.4 Å². The van der Waals surface area contributed by atoms with Crippen molar-refractivity contribution in [1.29, 1.82) is 5.26 Å². The number of nitrogens with two attached hydrogens (primary N) is 1. The van der Waals surface area contributed by atoms with Gasteiger partial charge < -0.3 is 15.5 Å². The Morgan fingerprint density at radius 1 is 1.39 bits per heavy atom. The normalized spacial score (nSPS) is 9.78. The molecule has 0 saturated heterocycles. The predicted octanol–water partition coefficient (Wildman–Crippen LogP) is 2.64. The van der Waals surface area contributed by atoms with Crippen LogP contribution in [0.4, 0.5) is 11.4 Å². The Bertz CT molecular complexity index is 643. The molecule has 2 aromatic rings. The Morgan fingerprint density at radius 3 is 2.78 bits per heavy atom. The second-order valence-corrected chi connectivity index (χ2v) is 3.85. The number of amides is 1. The van der Waals surface area contributed by atoms with E-state index in [4.69, 9.17) is 27.0 Å². The molecule has 3 N–H and O–H groups in total. The summed E-state index contributed by atoms with van der Waals surface area (Å²) in [4.78, 5) is 11.8. The number of benzene rings is 1. The number of halogens is 1. The van der Waals surface area contributed by atoms with E-state index in [0.717, 1.165) is 0 Å². The first kappa shape index (κ1) is 12.0. The van der Waals surface area contributed by atoms with E-state index in [1.54, 1.807) is 12.1 Å². The molecule has 90 valence electrons. The molecule has 5 nitrogen and oxygen atoms in total. The van der Waals surface area contributed by atoms with Crippen molar-refractivity contribution in [2.75, 3.05) is 11.1 Å². The molecule has 0 aliphatic rings. The number of anilines is 2. The van der Waals surface area contributed by atoms with E-state index in [9.17, 15) is 4.79 Å². The molecular formula is C12H8ClN3O2. The SMILES string of the molecule is N#Cc1cc(N)ccc1NC(=O)c1ccc(Cl)o1. The maximum Gasteiger partial charge on any atom is 0.291 e. The van der Waals surface area contributed by atoms with Gasteiger partial charge in [-0.1, -0.05) is 0 Å². The first-order valence-corrected chi connectivity index (χ1v) is 5.34. The summed E-state index contributed by atoms with van der Waals surface area (Å²) in [5.41, 5.74) is 6.64. The fraction of sp³-hybridized carbons (Fsp3) is 0. The molecule has 0 bridgehead atoms. The summed E-state index contributed by atoms with van der Waals surface area (Å²) in [6.45, 7) is 0. The Kier molecular flexibility index (Phi) is 3.22. The van der Waals surface area contributed by atoms with E-state index >= 15 is 0 Å². The van der Waals surface area contributed by atoms with Crippen LogP contribution in [0.2, 0.25) is 5.22 Å². The molecule has 6 heteroatoms. The van der Waals surface area contributed by atoms with Crippen LogP contribution in [-0.4, -0.2) is 5.91 Å². The van der Waals surface area contributed by atoms with E-state index in [-0.39, 0.29) is 16.5 Å². The van der Waals surface area contributed by atoms with Gasteiger partial charge in [-0.2, -0.15) is 5.26 Å². The molecule has 18 heavy (non-hydrogen) atoms. The van der Waals surface area contributed by atoms with Gasteiger partial charge in [0, 0.05) is 5.69 Å². The van der Waals surface area contributed by atoms with Crippen molar-refractivity contribution in [3.8, 4) is 6.07 Å². The summed E-state index contributed by atoms with van der Waals surface area (Å²) >= 11 is 5.57. The van der Waals surface area contributed by atoms with Crippen LogP contribution in [-0.2, 0) is 0 Å². The topological polar surface area (TPSA) is 92.0 Å². The van der Waals surface area contributed by atoms with E-state index < -0.39 is 5.91 Å². The standard InChI is InChI=1S/C12H8ClN3O2/c13-11-4-3-10(18-11)12(17)16-9-2-1-8(15)5-7(9)6-14/h1-5H,15H2,(H,16,17). The minimum atomic E-state index is -0.483. The zero-order valence-corrected chi connectivity index (χ0v) is 9.86. The third-order valence-corrected chi connectivity index (χ3v) is 2.41. The summed E-state index contributed by atoms with van der Waals surface area (Å²) in [5, 5.41) is 11.6. The van der Waals surface area contributed by atoms with E-state index in [2.05, 4.69) is 5.32 Å². The lowest BCUT2D eigenvalue weighted by molar-refractivity contribution is 0.0996. The third kappa shape index (κ3) is 2.44. The number of carbonyl (C=O) groups excluding carboxylic acids is 1. The quantitative estimate of drug-likeness (QED) is 0.813. The first-order chi connectivity index (χ1) is 8.60. The molecule has 0 unspecified atom stereocenters. The van der Waals surface area contributed by atoms with Gasteiger partial charge in [0.2, 0.25) is 0 Å². The lowest BCUT2D eigenvalue weighted by Crippen LogP contribution is -2.12. The van der Waals surface area contributed by atoms with E-state index in [1.807, 2.05) is 6.07 Å². The number of carbonyl (C=O) groups is 1. The van der Waals surface area contributed by atoms with Gasteiger partial charge in [-0.05, 0) is 41.9 Å². The highest BCUT2D eigenvalue weighted by atomic mass is 35.5. The van der Waals surface area contributed by atoms with Crippen LogP contribution in [0.5, 0.6) is 0 Å². The van der Waals surface area contributed by atoms with Crippen molar-refractivity contribution in [3.63, 3.8) is 0 Å². The molecule has 0 atom stereocenters. The monoisotopic (exact) mass is 261 g/mol. The Morgan fingerprint density at radius 2 is 2.17 bits per heavy atom. The van der Waals surface area contributed by atoms with Crippen LogP contribution >= 0.6 is 11.6 Å². The van der Waals surface area contributed by atoms with Gasteiger partial charge in [0.1, 0.15) is 6.07 Å². The van der Waals surface area contributed by atoms with Crippen molar-refractivity contribution < 1.29 is 9.21 Å². The minimum Gasteiger partial charge on any atom is -0.440 e. The number of hydrogen-bond donors (Lipinski definition) is 2. The van der Waals surface area contributed by atoms with Crippen LogP contribution in [0.15, 0.2) is 34.7 Å². The van der Waals surface area contributed by atoms with Gasteiger partial charge in [-0.25, -0.2) is 0 Å². The average Bonchev–Trinajstić information content (AvgIpc) is 2.78. The molecule has 2 rings (SSSR count). The first-order valence-electron chi connectivity index (χ1n) is 4.96. The summed E-state index contributed by atoms with van der Waals surface area (Å²) in [6.07, 6.45) is 0. The smallest absolute Gasteiger partial charge is 0.291 e. The van der Waals surface area contributed by atoms with Crippen LogP contribution in [0.3, 0.4) is 0 Å². The molecule has 0 radical (unpaired) electrons. The fourth-order valence-electron chi connectivity index (χ4n) is 1.38. The Balaban J connectivity index is 2.25. The predicted molar refractivity (Wildman–Crippen MR) is 67.2 cm³/mol. The summed E-state index contributed by atoms with van der Waals surface area (Å²) in [6, 6.07) is 9.47. The Labute approximate surface area is 108 Å². The lowest BCUT2D eigenvalue weighted by Gasteiger charge is -2.05. The van der Waals surface area contributed by atoms with Crippen molar-refractivity contribution >= 4 is 28.9 Å². The summed E-state index contributed by atoms with van der Waals surface area (Å²) < 4.78 is 4.96. The molecule has 0 spiro atoms. The largest absolute Gasteiger partial charge is 0.440 e. The molecule has 1 amide bonds. The minimum absolute atomic E-state index is 0.0701. The maximum atomic E-state index is 11.8. The highest BCUT2D eigenvalue weighted by Gasteiger charge is 2.12. The maximum absolute atomic E-state index is 11.8. The van der Waals surface area contributed by atoms with Gasteiger partial charge >= 0.3 is 0 Å². The number of furan rings is 1. The number of nitrogens with zero attached hydrogens (tertiary/aromatic N) is 1. The molecule has 1 heterocycles. The highest BCUT2D eigenvalue weighted by molar-refractivity contribution is 6.29. The van der Waals surface area contributed by atoms with E-state index in [1.165, 1.54) is 18.2 Å². The van der Waals surface area contributed by atoms with Crippen molar-refractivity contribution in [3.05, 3.63) is 46.9 Å². The number of rotatable bonds is 2. The number of nitrogen functional groups attached to an aromatic ring is 1. The van der Waals surface area contributed by atoms with Gasteiger partial charge in [0.25, 0.3) is 5.91 Å². The fourth-order valence-corrected chi connectivity index (χ4v) is 1.53. The molecule has 1 aromatic heterocycles. The molecular weight excluding hydrogens is 254 g/mol. The van der Waals surface area contributed by atoms with Crippen LogP contribution in [0.1, 0.15) is 16.1 Å². The molecule has 0 saturated carbocycles. The van der Waals surface area contributed by atoms with Crippen LogP contribution in [0, 0.1) is 11.3 Å². The number of nitriles is 1. The lowest BCUT2D eigenvalue weighted by atomic mass is 10.1. The summed E-state index contributed by atoms with van der Waals surface area (Å²) in [7, 11) is 0. The summed E-state index contributed by atoms with van der Waals surface area (Å²) in [5.74, 6) is -0.413. The van der Waals surface area contributed by atoms with Gasteiger partial charge in [0.15, 0.2) is 11.0 Å².